The number of carbonyl (C=O) groups excluding carboxylic acids is 1. The van der Waals surface area contributed by atoms with Crippen molar-refractivity contribution in [3.8, 4) is 0 Å². The Kier molecular flexibility index (Phi) is 5.69. The number of piperidine rings is 1. The summed E-state index contributed by atoms with van der Waals surface area (Å²) in [7, 11) is 0. The van der Waals surface area contributed by atoms with E-state index in [0.717, 1.165) is 54.8 Å². The van der Waals surface area contributed by atoms with Crippen LogP contribution in [0.25, 0.3) is 0 Å². The number of hydrogen-bond acceptors (Lipinski definition) is 5. The third kappa shape index (κ3) is 4.36. The van der Waals surface area contributed by atoms with Gasteiger partial charge in [0.2, 0.25) is 5.95 Å². The van der Waals surface area contributed by atoms with Crippen molar-refractivity contribution in [2.24, 2.45) is 0 Å². The van der Waals surface area contributed by atoms with Gasteiger partial charge in [0, 0.05) is 56.6 Å². The minimum absolute atomic E-state index is 0.126. The van der Waals surface area contributed by atoms with Gasteiger partial charge in [0.1, 0.15) is 5.82 Å². The van der Waals surface area contributed by atoms with Gasteiger partial charge in [-0.25, -0.2) is 4.98 Å². The third-order valence-electron chi connectivity index (χ3n) is 6.11. The van der Waals surface area contributed by atoms with Gasteiger partial charge < -0.3 is 14.7 Å². The van der Waals surface area contributed by atoms with E-state index in [4.69, 9.17) is 4.98 Å². The first-order valence-corrected chi connectivity index (χ1v) is 10.7. The molecule has 1 aromatic heterocycles. The van der Waals surface area contributed by atoms with Crippen LogP contribution in [0.3, 0.4) is 0 Å². The first kappa shape index (κ1) is 19.7. The molecule has 1 amide bonds. The summed E-state index contributed by atoms with van der Waals surface area (Å²) < 4.78 is 0. The number of piperazine rings is 1. The van der Waals surface area contributed by atoms with Crippen LogP contribution in [0.5, 0.6) is 0 Å². The van der Waals surface area contributed by atoms with Crippen molar-refractivity contribution in [1.82, 2.24) is 14.9 Å². The molecule has 2 fully saturated rings. The predicted molar refractivity (Wildman–Crippen MR) is 117 cm³/mol. The van der Waals surface area contributed by atoms with Crippen LogP contribution in [0.4, 0.5) is 11.8 Å². The molecule has 0 saturated carbocycles. The van der Waals surface area contributed by atoms with Gasteiger partial charge in [-0.05, 0) is 63.3 Å². The molecule has 6 heteroatoms. The van der Waals surface area contributed by atoms with Gasteiger partial charge in [0.25, 0.3) is 5.91 Å². The van der Waals surface area contributed by atoms with E-state index in [9.17, 15) is 4.79 Å². The highest BCUT2D eigenvalue weighted by molar-refractivity contribution is 5.94. The van der Waals surface area contributed by atoms with Gasteiger partial charge in [0.15, 0.2) is 0 Å². The molecule has 2 aliphatic heterocycles. The topological polar surface area (TPSA) is 52.6 Å². The Morgan fingerprint density at radius 2 is 1.52 bits per heavy atom. The summed E-state index contributed by atoms with van der Waals surface area (Å²) >= 11 is 0. The summed E-state index contributed by atoms with van der Waals surface area (Å²) in [5, 5.41) is 0. The molecule has 0 atom stereocenters. The molecule has 154 valence electrons. The second-order valence-electron chi connectivity index (χ2n) is 8.29. The van der Waals surface area contributed by atoms with Crippen molar-refractivity contribution in [1.29, 1.82) is 0 Å². The zero-order chi connectivity index (χ0) is 20.4. The molecule has 0 N–H and O–H groups in total. The first-order chi connectivity index (χ1) is 14.0. The van der Waals surface area contributed by atoms with Gasteiger partial charge in [-0.15, -0.1) is 0 Å². The highest BCUT2D eigenvalue weighted by Crippen LogP contribution is 2.22. The molecule has 4 rings (SSSR count). The van der Waals surface area contributed by atoms with Crippen LogP contribution in [-0.2, 0) is 0 Å². The second-order valence-corrected chi connectivity index (χ2v) is 8.29. The molecule has 1 aromatic carbocycles. The fourth-order valence-corrected chi connectivity index (χ4v) is 4.13. The Balaban J connectivity index is 1.43. The number of carbonyl (C=O) groups is 1. The van der Waals surface area contributed by atoms with Crippen molar-refractivity contribution in [3.63, 3.8) is 0 Å². The Labute approximate surface area is 173 Å². The smallest absolute Gasteiger partial charge is 0.253 e. The lowest BCUT2D eigenvalue weighted by atomic mass is 10.1. The number of rotatable bonds is 3. The normalized spacial score (nSPS) is 17.6. The monoisotopic (exact) mass is 393 g/mol. The molecule has 2 aliphatic rings. The Morgan fingerprint density at radius 3 is 2.21 bits per heavy atom. The van der Waals surface area contributed by atoms with E-state index in [0.29, 0.717) is 13.1 Å². The molecule has 0 spiro atoms. The maximum atomic E-state index is 12.9. The van der Waals surface area contributed by atoms with Crippen molar-refractivity contribution in [3.05, 3.63) is 46.6 Å². The van der Waals surface area contributed by atoms with E-state index >= 15 is 0 Å². The minimum Gasteiger partial charge on any atom is -0.353 e. The van der Waals surface area contributed by atoms with E-state index < -0.39 is 0 Å². The molecular formula is C23H31N5O. The lowest BCUT2D eigenvalue weighted by Gasteiger charge is -2.36. The number of aryl methyl sites for hydroxylation is 3. The van der Waals surface area contributed by atoms with Gasteiger partial charge in [-0.1, -0.05) is 6.07 Å². The molecular weight excluding hydrogens is 362 g/mol. The molecule has 0 bridgehead atoms. The number of amides is 1. The Bertz CT molecular complexity index is 883. The van der Waals surface area contributed by atoms with E-state index in [2.05, 4.69) is 34.7 Å². The summed E-state index contributed by atoms with van der Waals surface area (Å²) in [6.45, 7) is 11.3. The Hall–Kier alpha value is -2.63. The summed E-state index contributed by atoms with van der Waals surface area (Å²) in [5.41, 5.74) is 4.17. The quantitative estimate of drug-likeness (QED) is 0.800. The van der Waals surface area contributed by atoms with E-state index in [-0.39, 0.29) is 5.91 Å². The van der Waals surface area contributed by atoms with Crippen molar-refractivity contribution in [2.45, 2.75) is 40.0 Å². The molecule has 0 radical (unpaired) electrons. The van der Waals surface area contributed by atoms with Crippen molar-refractivity contribution in [2.75, 3.05) is 49.1 Å². The summed E-state index contributed by atoms with van der Waals surface area (Å²) in [6, 6.07) is 8.04. The number of nitrogens with zero attached hydrogens (tertiary/aromatic N) is 5. The fourth-order valence-electron chi connectivity index (χ4n) is 4.13. The van der Waals surface area contributed by atoms with Gasteiger partial charge >= 0.3 is 0 Å². The van der Waals surface area contributed by atoms with E-state index in [1.54, 1.807) is 0 Å². The maximum Gasteiger partial charge on any atom is 0.253 e. The second kappa shape index (κ2) is 8.39. The lowest BCUT2D eigenvalue weighted by Crippen LogP contribution is -2.49. The van der Waals surface area contributed by atoms with Crippen LogP contribution in [0, 0.1) is 20.8 Å². The number of aromatic nitrogens is 2. The highest BCUT2D eigenvalue weighted by atomic mass is 16.2. The standard InChI is InChI=1S/C23H31N5O/c1-17-7-8-20(15-18(17)2)22(29)27-13-11-26(12-14-27)21-16-19(3)24-23(25-21)28-9-5-4-6-10-28/h7-8,15-16H,4-6,9-14H2,1-3H3. The highest BCUT2D eigenvalue weighted by Gasteiger charge is 2.24. The molecule has 0 aliphatic carbocycles. The van der Waals surface area contributed by atoms with Crippen molar-refractivity contribution < 1.29 is 4.79 Å². The van der Waals surface area contributed by atoms with Gasteiger partial charge in [0.05, 0.1) is 0 Å². The predicted octanol–water partition coefficient (Wildman–Crippen LogP) is 3.35. The van der Waals surface area contributed by atoms with Crippen LogP contribution in [0.1, 0.15) is 46.4 Å². The van der Waals surface area contributed by atoms with Crippen LogP contribution >= 0.6 is 0 Å². The average Bonchev–Trinajstić information content (AvgIpc) is 2.75. The minimum atomic E-state index is 0.126. The molecule has 2 aromatic rings. The fraction of sp³-hybridized carbons (Fsp3) is 0.522. The number of anilines is 2. The maximum absolute atomic E-state index is 12.9. The molecule has 6 nitrogen and oxygen atoms in total. The third-order valence-corrected chi connectivity index (χ3v) is 6.11. The summed E-state index contributed by atoms with van der Waals surface area (Å²) in [6.07, 6.45) is 3.73. The SMILES string of the molecule is Cc1cc(N2CCN(C(=O)c3ccc(C)c(C)c3)CC2)nc(N2CCCCC2)n1. The van der Waals surface area contributed by atoms with Gasteiger partial charge in [-0.2, -0.15) is 4.98 Å². The van der Waals surface area contributed by atoms with Crippen LogP contribution < -0.4 is 9.80 Å². The Morgan fingerprint density at radius 1 is 0.793 bits per heavy atom. The molecule has 2 saturated heterocycles. The van der Waals surface area contributed by atoms with E-state index in [1.165, 1.54) is 24.8 Å². The molecule has 0 unspecified atom stereocenters. The molecule has 29 heavy (non-hydrogen) atoms. The van der Waals surface area contributed by atoms with Crippen LogP contribution in [0.15, 0.2) is 24.3 Å². The zero-order valence-corrected chi connectivity index (χ0v) is 17.8. The van der Waals surface area contributed by atoms with Gasteiger partial charge in [-0.3, -0.25) is 4.79 Å². The summed E-state index contributed by atoms with van der Waals surface area (Å²) in [4.78, 5) is 29.0. The van der Waals surface area contributed by atoms with Crippen LogP contribution in [0.2, 0.25) is 0 Å². The van der Waals surface area contributed by atoms with E-state index in [1.807, 2.05) is 30.0 Å². The average molecular weight is 394 g/mol. The first-order valence-electron chi connectivity index (χ1n) is 10.7. The lowest BCUT2D eigenvalue weighted by molar-refractivity contribution is 0.0746. The van der Waals surface area contributed by atoms with Crippen molar-refractivity contribution >= 4 is 17.7 Å². The largest absolute Gasteiger partial charge is 0.353 e. The number of benzene rings is 1. The number of hydrogen-bond donors (Lipinski definition) is 0. The van der Waals surface area contributed by atoms with Crippen LogP contribution in [-0.4, -0.2) is 60.0 Å². The summed E-state index contributed by atoms with van der Waals surface area (Å²) in [5.74, 6) is 1.96. The molecule has 3 heterocycles. The zero-order valence-electron chi connectivity index (χ0n) is 17.8.